The molecule has 0 aliphatic carbocycles. The summed E-state index contributed by atoms with van der Waals surface area (Å²) in [6.07, 6.45) is 2.73. The lowest BCUT2D eigenvalue weighted by Gasteiger charge is -2.04. The molecule has 0 bridgehead atoms. The monoisotopic (exact) mass is 270 g/mol. The molecule has 0 saturated heterocycles. The number of fused-ring (bicyclic) bond motifs is 1. The van der Waals surface area contributed by atoms with Gasteiger partial charge in [-0.3, -0.25) is 4.40 Å². The fraction of sp³-hybridized carbons (Fsp3) is 0.200. The van der Waals surface area contributed by atoms with Crippen molar-refractivity contribution >= 4 is 5.65 Å². The van der Waals surface area contributed by atoms with Gasteiger partial charge in [0.1, 0.15) is 11.6 Å². The van der Waals surface area contributed by atoms with Gasteiger partial charge in [0.25, 0.3) is 0 Å². The van der Waals surface area contributed by atoms with Crippen molar-refractivity contribution in [3.8, 4) is 0 Å². The molecule has 0 spiro atoms. The third-order valence-corrected chi connectivity index (χ3v) is 3.13. The molecule has 2 heterocycles. The molecule has 4 nitrogen and oxygen atoms in total. The van der Waals surface area contributed by atoms with E-state index in [0.29, 0.717) is 6.54 Å². The number of nitrogens with zero attached hydrogens (tertiary/aromatic N) is 3. The Morgan fingerprint density at radius 3 is 2.95 bits per heavy atom. The van der Waals surface area contributed by atoms with Crippen LogP contribution in [0, 0.1) is 5.82 Å². The van der Waals surface area contributed by atoms with E-state index in [4.69, 9.17) is 0 Å². The number of nitrogens with one attached hydrogen (secondary N) is 1. The predicted octanol–water partition coefficient (Wildman–Crippen LogP) is 2.20. The summed E-state index contributed by atoms with van der Waals surface area (Å²) in [7, 11) is 0. The van der Waals surface area contributed by atoms with Gasteiger partial charge >= 0.3 is 0 Å². The van der Waals surface area contributed by atoms with Crippen LogP contribution in [-0.4, -0.2) is 21.1 Å². The number of pyridine rings is 1. The third-order valence-electron chi connectivity index (χ3n) is 3.13. The second-order valence-corrected chi connectivity index (χ2v) is 4.60. The summed E-state index contributed by atoms with van der Waals surface area (Å²) in [6.45, 7) is 1.42. The standard InChI is InChI=1S/C15H15FN4/c16-13-5-3-4-12(10-13)11-17-8-7-15-19-18-14-6-1-2-9-20(14)15/h1-6,9-10,17H,7-8,11H2. The first kappa shape index (κ1) is 12.7. The molecule has 5 heteroatoms. The van der Waals surface area contributed by atoms with Gasteiger partial charge in [-0.1, -0.05) is 18.2 Å². The van der Waals surface area contributed by atoms with Crippen molar-refractivity contribution in [1.29, 1.82) is 0 Å². The van der Waals surface area contributed by atoms with Crippen molar-refractivity contribution in [1.82, 2.24) is 19.9 Å². The van der Waals surface area contributed by atoms with Crippen LogP contribution < -0.4 is 5.32 Å². The first-order valence-corrected chi connectivity index (χ1v) is 6.57. The smallest absolute Gasteiger partial charge is 0.160 e. The Morgan fingerprint density at radius 1 is 1.10 bits per heavy atom. The van der Waals surface area contributed by atoms with Gasteiger partial charge in [0.05, 0.1) is 0 Å². The molecule has 0 aliphatic heterocycles. The number of benzene rings is 1. The normalized spacial score (nSPS) is 11.1. The van der Waals surface area contributed by atoms with Crippen molar-refractivity contribution in [2.24, 2.45) is 0 Å². The van der Waals surface area contributed by atoms with Gasteiger partial charge in [-0.25, -0.2) is 4.39 Å². The zero-order chi connectivity index (χ0) is 13.8. The molecule has 0 radical (unpaired) electrons. The van der Waals surface area contributed by atoms with E-state index in [1.54, 1.807) is 12.1 Å². The van der Waals surface area contributed by atoms with E-state index >= 15 is 0 Å². The lowest BCUT2D eigenvalue weighted by atomic mass is 10.2. The zero-order valence-electron chi connectivity index (χ0n) is 11.0. The van der Waals surface area contributed by atoms with E-state index in [-0.39, 0.29) is 5.82 Å². The quantitative estimate of drug-likeness (QED) is 0.723. The SMILES string of the molecule is Fc1cccc(CNCCc2nnc3ccccn23)c1. The fourth-order valence-corrected chi connectivity index (χ4v) is 2.14. The van der Waals surface area contributed by atoms with E-state index in [1.807, 2.05) is 34.9 Å². The van der Waals surface area contributed by atoms with Crippen LogP contribution in [0.25, 0.3) is 5.65 Å². The molecule has 0 amide bonds. The van der Waals surface area contributed by atoms with Gasteiger partial charge in [-0.05, 0) is 29.8 Å². The Balaban J connectivity index is 1.55. The Bertz CT molecular complexity index is 708. The summed E-state index contributed by atoms with van der Waals surface area (Å²) in [5.74, 6) is 0.722. The summed E-state index contributed by atoms with van der Waals surface area (Å²) in [5.41, 5.74) is 1.80. The molecule has 2 aromatic heterocycles. The van der Waals surface area contributed by atoms with Crippen LogP contribution in [-0.2, 0) is 13.0 Å². The summed E-state index contributed by atoms with van der Waals surface area (Å²) >= 11 is 0. The Morgan fingerprint density at radius 2 is 2.05 bits per heavy atom. The molecule has 0 aliphatic rings. The van der Waals surface area contributed by atoms with Crippen molar-refractivity contribution in [2.75, 3.05) is 6.54 Å². The lowest BCUT2D eigenvalue weighted by Crippen LogP contribution is -2.17. The average molecular weight is 270 g/mol. The number of halogens is 1. The van der Waals surface area contributed by atoms with Gasteiger partial charge in [0.2, 0.25) is 0 Å². The van der Waals surface area contributed by atoms with Gasteiger partial charge < -0.3 is 5.32 Å². The van der Waals surface area contributed by atoms with Gasteiger partial charge in [-0.15, -0.1) is 10.2 Å². The van der Waals surface area contributed by atoms with Crippen LogP contribution in [0.5, 0.6) is 0 Å². The molecular formula is C15H15FN4. The minimum atomic E-state index is -0.201. The summed E-state index contributed by atoms with van der Waals surface area (Å²) in [4.78, 5) is 0. The maximum absolute atomic E-state index is 13.0. The van der Waals surface area contributed by atoms with Crippen molar-refractivity contribution < 1.29 is 4.39 Å². The van der Waals surface area contributed by atoms with Crippen LogP contribution in [0.2, 0.25) is 0 Å². The first-order chi connectivity index (χ1) is 9.83. The number of hydrogen-bond acceptors (Lipinski definition) is 3. The molecular weight excluding hydrogens is 255 g/mol. The second kappa shape index (κ2) is 5.79. The topological polar surface area (TPSA) is 42.2 Å². The Kier molecular flexibility index (Phi) is 3.69. The van der Waals surface area contributed by atoms with E-state index < -0.39 is 0 Å². The van der Waals surface area contributed by atoms with Crippen LogP contribution in [0.15, 0.2) is 48.7 Å². The molecule has 1 N–H and O–H groups in total. The second-order valence-electron chi connectivity index (χ2n) is 4.60. The van der Waals surface area contributed by atoms with Crippen molar-refractivity contribution in [3.05, 3.63) is 65.9 Å². The first-order valence-electron chi connectivity index (χ1n) is 6.57. The average Bonchev–Trinajstić information content (AvgIpc) is 2.87. The van der Waals surface area contributed by atoms with E-state index in [2.05, 4.69) is 15.5 Å². The molecule has 0 atom stereocenters. The molecule has 3 rings (SSSR count). The summed E-state index contributed by atoms with van der Waals surface area (Å²) in [6, 6.07) is 12.4. The molecule has 0 saturated carbocycles. The zero-order valence-corrected chi connectivity index (χ0v) is 11.0. The van der Waals surface area contributed by atoms with Crippen molar-refractivity contribution in [2.45, 2.75) is 13.0 Å². The highest BCUT2D eigenvalue weighted by Gasteiger charge is 2.03. The van der Waals surface area contributed by atoms with Gasteiger partial charge in [-0.2, -0.15) is 0 Å². The molecule has 0 unspecified atom stereocenters. The maximum atomic E-state index is 13.0. The molecule has 1 aromatic carbocycles. The third kappa shape index (κ3) is 2.83. The maximum Gasteiger partial charge on any atom is 0.160 e. The Labute approximate surface area is 116 Å². The van der Waals surface area contributed by atoms with Gasteiger partial charge in [0.15, 0.2) is 5.65 Å². The van der Waals surface area contributed by atoms with Crippen LogP contribution in [0.4, 0.5) is 4.39 Å². The largest absolute Gasteiger partial charge is 0.312 e. The van der Waals surface area contributed by atoms with E-state index in [1.165, 1.54) is 6.07 Å². The number of hydrogen-bond donors (Lipinski definition) is 1. The highest BCUT2D eigenvalue weighted by molar-refractivity contribution is 5.37. The predicted molar refractivity (Wildman–Crippen MR) is 74.8 cm³/mol. The highest BCUT2D eigenvalue weighted by Crippen LogP contribution is 2.04. The van der Waals surface area contributed by atoms with Gasteiger partial charge in [0, 0.05) is 25.7 Å². The lowest BCUT2D eigenvalue weighted by molar-refractivity contribution is 0.618. The number of aromatic nitrogens is 3. The molecule has 0 fully saturated rings. The summed E-state index contributed by atoms with van der Waals surface area (Å²) < 4.78 is 15.0. The van der Waals surface area contributed by atoms with Crippen LogP contribution in [0.3, 0.4) is 0 Å². The van der Waals surface area contributed by atoms with Crippen LogP contribution in [0.1, 0.15) is 11.4 Å². The Hall–Kier alpha value is -2.27. The number of rotatable bonds is 5. The molecule has 102 valence electrons. The van der Waals surface area contributed by atoms with E-state index in [0.717, 1.165) is 30.0 Å². The molecule has 20 heavy (non-hydrogen) atoms. The van der Waals surface area contributed by atoms with E-state index in [9.17, 15) is 4.39 Å². The summed E-state index contributed by atoms with van der Waals surface area (Å²) in [5, 5.41) is 11.6. The minimum Gasteiger partial charge on any atom is -0.312 e. The highest BCUT2D eigenvalue weighted by atomic mass is 19.1. The van der Waals surface area contributed by atoms with Crippen LogP contribution >= 0.6 is 0 Å². The fourth-order valence-electron chi connectivity index (χ4n) is 2.14. The molecule has 3 aromatic rings. The minimum absolute atomic E-state index is 0.201. The van der Waals surface area contributed by atoms with Crippen molar-refractivity contribution in [3.63, 3.8) is 0 Å².